The van der Waals surface area contributed by atoms with Crippen molar-refractivity contribution in [2.45, 2.75) is 31.7 Å². The Labute approximate surface area is 132 Å². The number of carbonyl (C=O) groups is 1. The number of fused-ring (bicyclic) bond motifs is 2. The average Bonchev–Trinajstić information content (AvgIpc) is 3.17. The first-order valence-electron chi connectivity index (χ1n) is 8.59. The van der Waals surface area contributed by atoms with E-state index < -0.39 is 0 Å². The minimum atomic E-state index is 0.125. The van der Waals surface area contributed by atoms with Crippen molar-refractivity contribution in [3.8, 4) is 0 Å². The number of nitrogens with zero attached hydrogens (tertiary/aromatic N) is 2. The van der Waals surface area contributed by atoms with Crippen LogP contribution in [0.15, 0.2) is 24.3 Å². The minimum Gasteiger partial charge on any atom is -0.399 e. The first-order chi connectivity index (χ1) is 10.7. The molecule has 3 fully saturated rings. The summed E-state index contributed by atoms with van der Waals surface area (Å²) in [4.78, 5) is 17.2. The van der Waals surface area contributed by atoms with Gasteiger partial charge in [0.15, 0.2) is 0 Å². The van der Waals surface area contributed by atoms with Crippen molar-refractivity contribution in [1.82, 2.24) is 9.80 Å². The molecule has 3 atom stereocenters. The third kappa shape index (κ3) is 2.50. The molecule has 0 radical (unpaired) electrons. The number of piperazine rings is 1. The number of nitrogen functional groups attached to an aromatic ring is 1. The van der Waals surface area contributed by atoms with Crippen LogP contribution in [0.1, 0.15) is 36.0 Å². The van der Waals surface area contributed by atoms with E-state index in [1.807, 2.05) is 23.1 Å². The van der Waals surface area contributed by atoms with Crippen LogP contribution in [0.25, 0.3) is 0 Å². The Bertz CT molecular complexity index is 565. The van der Waals surface area contributed by atoms with Crippen LogP contribution in [0.4, 0.5) is 5.69 Å². The van der Waals surface area contributed by atoms with Gasteiger partial charge in [-0.3, -0.25) is 9.69 Å². The third-order valence-corrected chi connectivity index (χ3v) is 5.90. The second-order valence-electron chi connectivity index (χ2n) is 7.20. The Morgan fingerprint density at radius 3 is 2.55 bits per heavy atom. The number of hydrogen-bond acceptors (Lipinski definition) is 3. The van der Waals surface area contributed by atoms with Gasteiger partial charge in [0.1, 0.15) is 0 Å². The molecule has 0 spiro atoms. The predicted molar refractivity (Wildman–Crippen MR) is 87.6 cm³/mol. The Morgan fingerprint density at radius 1 is 1.09 bits per heavy atom. The lowest BCUT2D eigenvalue weighted by Crippen LogP contribution is -2.53. The maximum absolute atomic E-state index is 12.6. The zero-order valence-corrected chi connectivity index (χ0v) is 13.1. The molecular formula is C18H25N3O. The quantitative estimate of drug-likeness (QED) is 0.852. The molecule has 2 bridgehead atoms. The average molecular weight is 299 g/mol. The zero-order chi connectivity index (χ0) is 15.1. The van der Waals surface area contributed by atoms with E-state index in [4.69, 9.17) is 5.73 Å². The number of hydrogen-bond donors (Lipinski definition) is 1. The number of nitrogens with two attached hydrogens (primary N) is 1. The summed E-state index contributed by atoms with van der Waals surface area (Å²) in [7, 11) is 0. The van der Waals surface area contributed by atoms with Crippen molar-refractivity contribution in [1.29, 1.82) is 0 Å². The molecule has 1 aliphatic heterocycles. The number of benzene rings is 1. The molecule has 1 aromatic rings. The van der Waals surface area contributed by atoms with Crippen molar-refractivity contribution in [2.24, 2.45) is 11.8 Å². The van der Waals surface area contributed by atoms with Gasteiger partial charge in [0, 0.05) is 43.5 Å². The van der Waals surface area contributed by atoms with Crippen molar-refractivity contribution >= 4 is 11.6 Å². The molecule has 4 heteroatoms. The van der Waals surface area contributed by atoms with Gasteiger partial charge in [-0.1, -0.05) is 12.5 Å². The molecule has 0 aromatic heterocycles. The smallest absolute Gasteiger partial charge is 0.254 e. The number of rotatable bonds is 2. The van der Waals surface area contributed by atoms with Crippen molar-refractivity contribution < 1.29 is 4.79 Å². The molecule has 4 rings (SSSR count). The van der Waals surface area contributed by atoms with E-state index in [-0.39, 0.29) is 5.91 Å². The summed E-state index contributed by atoms with van der Waals surface area (Å²) in [6, 6.07) is 8.12. The normalized spacial score (nSPS) is 31.6. The van der Waals surface area contributed by atoms with Crippen LogP contribution in [0, 0.1) is 11.8 Å². The molecule has 3 aliphatic rings. The highest BCUT2D eigenvalue weighted by atomic mass is 16.2. The summed E-state index contributed by atoms with van der Waals surface area (Å²) in [5, 5.41) is 0. The van der Waals surface area contributed by atoms with Crippen LogP contribution in [-0.2, 0) is 0 Å². The van der Waals surface area contributed by atoms with E-state index in [2.05, 4.69) is 4.90 Å². The van der Waals surface area contributed by atoms with Gasteiger partial charge in [-0.15, -0.1) is 0 Å². The zero-order valence-electron chi connectivity index (χ0n) is 13.1. The summed E-state index contributed by atoms with van der Waals surface area (Å²) in [5.41, 5.74) is 7.16. The largest absolute Gasteiger partial charge is 0.399 e. The number of carbonyl (C=O) groups excluding carboxylic acids is 1. The predicted octanol–water partition coefficient (Wildman–Crippen LogP) is 2.22. The van der Waals surface area contributed by atoms with Crippen LogP contribution < -0.4 is 5.73 Å². The molecule has 4 nitrogen and oxygen atoms in total. The van der Waals surface area contributed by atoms with E-state index in [0.29, 0.717) is 11.3 Å². The van der Waals surface area contributed by atoms with Gasteiger partial charge in [-0.05, 0) is 49.3 Å². The second-order valence-corrected chi connectivity index (χ2v) is 7.20. The Kier molecular flexibility index (Phi) is 3.57. The highest BCUT2D eigenvalue weighted by Gasteiger charge is 2.42. The van der Waals surface area contributed by atoms with Crippen LogP contribution >= 0.6 is 0 Å². The molecule has 1 saturated heterocycles. The van der Waals surface area contributed by atoms with Crippen LogP contribution in [-0.4, -0.2) is 47.9 Å². The van der Waals surface area contributed by atoms with Crippen molar-refractivity contribution in [3.05, 3.63) is 29.8 Å². The highest BCUT2D eigenvalue weighted by molar-refractivity contribution is 5.95. The Balaban J connectivity index is 1.36. The summed E-state index contributed by atoms with van der Waals surface area (Å²) < 4.78 is 0. The van der Waals surface area contributed by atoms with Gasteiger partial charge in [0.2, 0.25) is 0 Å². The minimum absolute atomic E-state index is 0.125. The third-order valence-electron chi connectivity index (χ3n) is 5.90. The lowest BCUT2D eigenvalue weighted by atomic mass is 9.93. The Hall–Kier alpha value is -1.55. The summed E-state index contributed by atoms with van der Waals surface area (Å²) in [6.07, 6.45) is 5.73. The molecule has 1 aromatic carbocycles. The van der Waals surface area contributed by atoms with Gasteiger partial charge in [-0.25, -0.2) is 0 Å². The molecule has 2 aliphatic carbocycles. The highest BCUT2D eigenvalue weighted by Crippen LogP contribution is 2.46. The molecule has 118 valence electrons. The lowest BCUT2D eigenvalue weighted by Gasteiger charge is -2.41. The molecule has 3 unspecified atom stereocenters. The Morgan fingerprint density at radius 2 is 1.91 bits per heavy atom. The monoisotopic (exact) mass is 299 g/mol. The number of anilines is 1. The molecule has 2 saturated carbocycles. The van der Waals surface area contributed by atoms with Crippen LogP contribution in [0.3, 0.4) is 0 Å². The number of amides is 1. The molecule has 22 heavy (non-hydrogen) atoms. The first-order valence-corrected chi connectivity index (χ1v) is 8.59. The van der Waals surface area contributed by atoms with Gasteiger partial charge in [-0.2, -0.15) is 0 Å². The second kappa shape index (κ2) is 5.58. The van der Waals surface area contributed by atoms with Crippen LogP contribution in [0.2, 0.25) is 0 Å². The van der Waals surface area contributed by atoms with Crippen molar-refractivity contribution in [3.63, 3.8) is 0 Å². The maximum Gasteiger partial charge on any atom is 0.254 e. The molecular weight excluding hydrogens is 274 g/mol. The van der Waals surface area contributed by atoms with Gasteiger partial charge >= 0.3 is 0 Å². The molecule has 1 heterocycles. The lowest BCUT2D eigenvalue weighted by molar-refractivity contribution is 0.0496. The van der Waals surface area contributed by atoms with E-state index in [0.717, 1.165) is 44.1 Å². The van der Waals surface area contributed by atoms with E-state index >= 15 is 0 Å². The fraction of sp³-hybridized carbons (Fsp3) is 0.611. The van der Waals surface area contributed by atoms with E-state index in [1.165, 1.54) is 25.7 Å². The summed E-state index contributed by atoms with van der Waals surface area (Å²) >= 11 is 0. The topological polar surface area (TPSA) is 49.6 Å². The SMILES string of the molecule is Nc1cccc(C(=O)N2CCN(C3CC4CCC3C4)CC2)c1. The standard InChI is InChI=1S/C18H25N3O/c19-16-3-1-2-15(12-16)18(22)21-8-6-20(7-9-21)17-11-13-4-5-14(17)10-13/h1-3,12-14,17H,4-11,19H2. The van der Waals surface area contributed by atoms with Crippen molar-refractivity contribution in [2.75, 3.05) is 31.9 Å². The van der Waals surface area contributed by atoms with Gasteiger partial charge in [0.25, 0.3) is 5.91 Å². The summed E-state index contributed by atoms with van der Waals surface area (Å²) in [5.74, 6) is 2.04. The fourth-order valence-corrected chi connectivity index (χ4v) is 4.77. The molecule has 1 amide bonds. The van der Waals surface area contributed by atoms with E-state index in [9.17, 15) is 4.79 Å². The summed E-state index contributed by atoms with van der Waals surface area (Å²) in [6.45, 7) is 3.76. The van der Waals surface area contributed by atoms with Crippen LogP contribution in [0.5, 0.6) is 0 Å². The van der Waals surface area contributed by atoms with E-state index in [1.54, 1.807) is 6.07 Å². The first kappa shape index (κ1) is 14.1. The molecule has 2 N–H and O–H groups in total. The van der Waals surface area contributed by atoms with Gasteiger partial charge in [0.05, 0.1) is 0 Å². The maximum atomic E-state index is 12.6. The fourth-order valence-electron chi connectivity index (χ4n) is 4.77. The van der Waals surface area contributed by atoms with Gasteiger partial charge < -0.3 is 10.6 Å².